The number of carbonyl (C=O) groups excluding carboxylic acids is 3. The molecule has 2 aliphatic heterocycles. The Bertz CT molecular complexity index is 2170. The molecule has 7 atom stereocenters. The number of hydrogen-bond donors (Lipinski definition) is 7. The molecule has 2 fully saturated rings. The Labute approximate surface area is 374 Å². The second-order valence-electron chi connectivity index (χ2n) is 17.1. The van der Waals surface area contributed by atoms with Gasteiger partial charge in [0.2, 0.25) is 23.1 Å². The number of benzene rings is 1. The van der Waals surface area contributed by atoms with Crippen LogP contribution in [0.3, 0.4) is 0 Å². The van der Waals surface area contributed by atoms with Crippen molar-refractivity contribution in [2.45, 2.75) is 108 Å². The highest BCUT2D eigenvalue weighted by atomic mass is 32.2. The van der Waals surface area contributed by atoms with Crippen LogP contribution in [-0.4, -0.2) is 133 Å². The van der Waals surface area contributed by atoms with E-state index < -0.39 is 70.8 Å². The van der Waals surface area contributed by atoms with Crippen molar-refractivity contribution in [1.82, 2.24) is 40.4 Å². The number of anilines is 1. The summed E-state index contributed by atoms with van der Waals surface area (Å²) < 4.78 is 35.7. The molecule has 4 heterocycles. The number of pyridine rings is 1. The normalized spacial score (nSPS) is 24.4. The molecule has 4 amide bonds. The molecular weight excluding hydrogens is 851 g/mol. The van der Waals surface area contributed by atoms with Crippen molar-refractivity contribution in [2.24, 2.45) is 11.8 Å². The van der Waals surface area contributed by atoms with Crippen molar-refractivity contribution < 1.29 is 42.5 Å². The first-order valence-corrected chi connectivity index (χ1v) is 23.5. The number of thiazole rings is 1. The molecule has 1 saturated heterocycles. The molecule has 1 aromatic carbocycles. The Morgan fingerprint density at radius 1 is 1.13 bits per heavy atom. The number of likely N-dealkylation sites (N-methyl/N-ethyl adjacent to an activating group) is 1. The van der Waals surface area contributed by atoms with Gasteiger partial charge in [0, 0.05) is 67.0 Å². The van der Waals surface area contributed by atoms with Crippen molar-refractivity contribution >= 4 is 62.5 Å². The summed E-state index contributed by atoms with van der Waals surface area (Å²) in [5.41, 5.74) is 0.245. The van der Waals surface area contributed by atoms with E-state index in [1.807, 2.05) is 51.3 Å². The van der Waals surface area contributed by atoms with Crippen LogP contribution in [0.15, 0.2) is 41.8 Å². The average Bonchev–Trinajstić information content (AvgIpc) is 3.50. The number of nitrogens with one attached hydrogen (secondary N) is 5. The zero-order valence-electron chi connectivity index (χ0n) is 36.7. The summed E-state index contributed by atoms with van der Waals surface area (Å²) in [6.07, 6.45) is 6.43. The molecule has 0 bridgehead atoms. The maximum atomic E-state index is 14.8. The van der Waals surface area contributed by atoms with E-state index in [-0.39, 0.29) is 50.9 Å². The van der Waals surface area contributed by atoms with Crippen LogP contribution in [-0.2, 0) is 25.7 Å². The first kappa shape index (κ1) is 47.6. The maximum absolute atomic E-state index is 14.8. The number of aliphatic carboxylic acids is 1. The maximum Gasteiger partial charge on any atom is 0.330 e. The molecule has 2 unspecified atom stereocenters. The van der Waals surface area contributed by atoms with E-state index in [0.717, 1.165) is 18.0 Å². The van der Waals surface area contributed by atoms with Crippen molar-refractivity contribution in [2.75, 3.05) is 45.7 Å². The molecule has 20 heteroatoms. The van der Waals surface area contributed by atoms with Crippen LogP contribution in [0, 0.1) is 11.8 Å². The Kier molecular flexibility index (Phi) is 16.0. The van der Waals surface area contributed by atoms with Crippen molar-refractivity contribution in [3.05, 3.63) is 41.8 Å². The number of amides is 4. The lowest BCUT2D eigenvalue weighted by molar-refractivity contribution is -0.145. The number of allylic oxidation sites excluding steroid dienone is 1. The number of methoxy groups -OCH3 is 1. The molecular formula is C43H61N9O9S2. The molecule has 63 heavy (non-hydrogen) atoms. The van der Waals surface area contributed by atoms with Crippen LogP contribution in [0.4, 0.5) is 9.93 Å². The number of carbonyl (C=O) groups is 4. The lowest BCUT2D eigenvalue weighted by atomic mass is 10.0. The molecule has 7 N–H and O–H groups in total. The van der Waals surface area contributed by atoms with Gasteiger partial charge in [-0.25, -0.2) is 23.8 Å². The minimum absolute atomic E-state index is 0.0358. The number of ether oxygens (including phenoxy) is 2. The third kappa shape index (κ3) is 11.8. The number of aromatic nitrogens is 2. The molecule has 0 radical (unpaired) electrons. The fourth-order valence-corrected chi connectivity index (χ4v) is 9.43. The molecule has 2 aromatic heterocycles. The summed E-state index contributed by atoms with van der Waals surface area (Å²) in [5.74, 6) is -1.78. The average molecular weight is 912 g/mol. The zero-order valence-corrected chi connectivity index (χ0v) is 38.4. The predicted molar refractivity (Wildman–Crippen MR) is 242 cm³/mol. The predicted octanol–water partition coefficient (Wildman–Crippen LogP) is 4.37. The van der Waals surface area contributed by atoms with Gasteiger partial charge in [0.05, 0.1) is 24.9 Å². The molecule has 1 aliphatic carbocycles. The SMILES string of the molecule is CNCCN(C[C@@H](NC(=O)N[C@H]1CCCCC/C=C\C2C[C@@]2(C(=O)O)NC(=O)[C@@H]2C[C@@H](Oc3cc(-c4csc(NC(C)C)n4)nc4cc(OC)ccc34)CN2C1=O)C(C)C)S(=O)O. The van der Waals surface area contributed by atoms with Gasteiger partial charge in [0.25, 0.3) is 0 Å². The Morgan fingerprint density at radius 3 is 2.62 bits per heavy atom. The highest BCUT2D eigenvalue weighted by Crippen LogP contribution is 2.45. The Hall–Kier alpha value is -4.89. The molecule has 3 aliphatic rings. The summed E-state index contributed by atoms with van der Waals surface area (Å²) >= 11 is -0.832. The molecule has 1 saturated carbocycles. The van der Waals surface area contributed by atoms with Crippen LogP contribution in [0.1, 0.15) is 72.6 Å². The highest BCUT2D eigenvalue weighted by molar-refractivity contribution is 7.76. The van der Waals surface area contributed by atoms with Crippen LogP contribution in [0.25, 0.3) is 22.3 Å². The van der Waals surface area contributed by atoms with Crippen molar-refractivity contribution in [3.63, 3.8) is 0 Å². The summed E-state index contributed by atoms with van der Waals surface area (Å²) in [4.78, 5) is 66.7. The minimum atomic E-state index is -2.28. The van der Waals surface area contributed by atoms with E-state index in [4.69, 9.17) is 19.4 Å². The number of carboxylic acids is 1. The number of urea groups is 1. The number of hydrogen-bond acceptors (Lipinski definition) is 12. The quantitative estimate of drug-likeness (QED) is 0.0783. The largest absolute Gasteiger partial charge is 0.497 e. The number of nitrogens with zero attached hydrogens (tertiary/aromatic N) is 4. The van der Waals surface area contributed by atoms with Crippen LogP contribution in [0.5, 0.6) is 11.5 Å². The van der Waals surface area contributed by atoms with Gasteiger partial charge >= 0.3 is 12.0 Å². The highest BCUT2D eigenvalue weighted by Gasteiger charge is 2.61. The monoisotopic (exact) mass is 911 g/mol. The minimum Gasteiger partial charge on any atom is -0.497 e. The summed E-state index contributed by atoms with van der Waals surface area (Å²) in [5, 5.41) is 28.5. The fourth-order valence-electron chi connectivity index (χ4n) is 8.04. The standard InChI is InChI=1S/C43H61N9O9S2/c1-25(2)34(23-51(63(58)59)17-16-44-5)48-41(57)47-31-13-11-9-7-8-10-12-27-21-43(27,40(55)56)50-38(53)36-19-29(22-52(36)39(31)54)61-37-20-33(35-24-62-42(49-35)45-26(3)4)46-32-18-28(60-6)14-15-30(32)37/h10,12,14-15,18,20,24-27,29,31,34,36,44H,7-9,11,13,16-17,19,21-23H2,1-6H3,(H,45,49)(H,50,53)(H,55,56)(H,58,59)(H2,47,48,57)/b12-10-/t27?,29-,31+,34-,36+,43-/m1/s1. The zero-order chi connectivity index (χ0) is 45.4. The third-order valence-electron chi connectivity index (χ3n) is 11.7. The van der Waals surface area contributed by atoms with Crippen LogP contribution in [0.2, 0.25) is 0 Å². The summed E-state index contributed by atoms with van der Waals surface area (Å²) in [6, 6.07) is 4.01. The van der Waals surface area contributed by atoms with Crippen molar-refractivity contribution in [1.29, 1.82) is 0 Å². The topological polar surface area (TPSA) is 237 Å². The van der Waals surface area contributed by atoms with Crippen LogP contribution >= 0.6 is 11.3 Å². The van der Waals surface area contributed by atoms with Gasteiger partial charge in [-0.05, 0) is 64.6 Å². The van der Waals surface area contributed by atoms with Gasteiger partial charge in [-0.15, -0.1) is 11.3 Å². The van der Waals surface area contributed by atoms with E-state index >= 15 is 0 Å². The first-order valence-electron chi connectivity index (χ1n) is 21.6. The second kappa shape index (κ2) is 21.2. The smallest absolute Gasteiger partial charge is 0.330 e. The number of rotatable bonds is 16. The van der Waals surface area contributed by atoms with Gasteiger partial charge in [-0.3, -0.25) is 14.1 Å². The van der Waals surface area contributed by atoms with Gasteiger partial charge in [0.15, 0.2) is 5.13 Å². The molecule has 0 spiro atoms. The summed E-state index contributed by atoms with van der Waals surface area (Å²) in [6.45, 7) is 8.59. The first-order chi connectivity index (χ1) is 30.1. The Balaban J connectivity index is 1.31. The fraction of sp³-hybridized carbons (Fsp3) is 0.581. The lowest BCUT2D eigenvalue weighted by Crippen LogP contribution is -2.58. The molecule has 344 valence electrons. The number of carboxylic acid groups (broad SMARTS) is 1. The molecule has 6 rings (SSSR count). The van der Waals surface area contributed by atoms with Crippen molar-refractivity contribution in [3.8, 4) is 22.9 Å². The van der Waals surface area contributed by atoms with Gasteiger partial charge in [-0.1, -0.05) is 38.8 Å². The van der Waals surface area contributed by atoms with Gasteiger partial charge in [-0.2, -0.15) is 4.31 Å². The van der Waals surface area contributed by atoms with E-state index in [1.165, 1.54) is 20.5 Å². The third-order valence-corrected chi connectivity index (χ3v) is 13.3. The number of fused-ring (bicyclic) bond motifs is 3. The lowest BCUT2D eigenvalue weighted by Gasteiger charge is -2.31. The molecule has 18 nitrogen and oxygen atoms in total. The van der Waals surface area contributed by atoms with E-state index in [9.17, 15) is 33.0 Å². The van der Waals surface area contributed by atoms with Gasteiger partial charge < -0.3 is 46.1 Å². The van der Waals surface area contributed by atoms with Crippen LogP contribution < -0.4 is 36.1 Å². The van der Waals surface area contributed by atoms with E-state index in [2.05, 4.69) is 26.6 Å². The van der Waals surface area contributed by atoms with E-state index in [1.54, 1.807) is 32.4 Å². The van der Waals surface area contributed by atoms with Gasteiger partial charge in [0.1, 0.15) is 40.9 Å². The second-order valence-corrected chi connectivity index (χ2v) is 18.9. The summed E-state index contributed by atoms with van der Waals surface area (Å²) in [7, 11) is 3.30. The molecule has 3 aromatic rings. The van der Waals surface area contributed by atoms with E-state index in [0.29, 0.717) is 53.2 Å². The Morgan fingerprint density at radius 2 is 1.92 bits per heavy atom.